The number of ether oxygens (including phenoxy) is 2. The molecular weight excluding hydrogens is 506 g/mol. The number of esters is 1. The van der Waals surface area contributed by atoms with Crippen LogP contribution in [0.3, 0.4) is 0 Å². The van der Waals surface area contributed by atoms with Gasteiger partial charge >= 0.3 is 5.97 Å². The van der Waals surface area contributed by atoms with Crippen molar-refractivity contribution in [2.45, 2.75) is 33.7 Å². The number of allylic oxidation sites excluding steroid dienone is 1. The van der Waals surface area contributed by atoms with Crippen molar-refractivity contribution in [2.24, 2.45) is 4.99 Å². The van der Waals surface area contributed by atoms with Gasteiger partial charge < -0.3 is 14.0 Å². The number of methoxy groups -OCH3 is 1. The van der Waals surface area contributed by atoms with E-state index in [1.807, 2.05) is 68.6 Å². The van der Waals surface area contributed by atoms with E-state index in [1.54, 1.807) is 11.5 Å². The van der Waals surface area contributed by atoms with Crippen LogP contribution in [0.4, 0.5) is 0 Å². The van der Waals surface area contributed by atoms with Crippen LogP contribution in [0.1, 0.15) is 41.7 Å². The summed E-state index contributed by atoms with van der Waals surface area (Å²) in [6.45, 7) is 8.46. The second-order valence-electron chi connectivity index (χ2n) is 8.68. The lowest BCUT2D eigenvalue weighted by molar-refractivity contribution is -0.136. The summed E-state index contributed by atoms with van der Waals surface area (Å²) in [5.41, 5.74) is 4.82. The van der Waals surface area contributed by atoms with Crippen LogP contribution in [0.15, 0.2) is 68.9 Å². The van der Waals surface area contributed by atoms with E-state index < -0.39 is 12.0 Å². The number of benzene rings is 1. The van der Waals surface area contributed by atoms with Gasteiger partial charge in [-0.3, -0.25) is 9.36 Å². The molecule has 4 aromatic rings. The van der Waals surface area contributed by atoms with E-state index in [-0.39, 0.29) is 5.56 Å². The molecule has 7 nitrogen and oxygen atoms in total. The third-order valence-electron chi connectivity index (χ3n) is 6.40. The van der Waals surface area contributed by atoms with Gasteiger partial charge in [0.2, 0.25) is 0 Å². The van der Waals surface area contributed by atoms with Crippen LogP contribution in [-0.2, 0) is 9.53 Å². The number of aromatic nitrogens is 2. The second-order valence-corrected chi connectivity index (χ2v) is 10.7. The Morgan fingerprint density at radius 1 is 1.16 bits per heavy atom. The Morgan fingerprint density at radius 2 is 1.92 bits per heavy atom. The number of aryl methyl sites for hydroxylation is 1. The number of fused-ring (bicyclic) bond motifs is 1. The lowest BCUT2D eigenvalue weighted by atomic mass is 10.0. The number of carbonyl (C=O) groups is 1. The van der Waals surface area contributed by atoms with Crippen LogP contribution >= 0.6 is 22.7 Å². The average molecular weight is 534 g/mol. The minimum Gasteiger partial charge on any atom is -0.494 e. The average Bonchev–Trinajstić information content (AvgIpc) is 3.58. The highest BCUT2D eigenvalue weighted by Gasteiger charge is 2.33. The van der Waals surface area contributed by atoms with E-state index >= 15 is 0 Å². The van der Waals surface area contributed by atoms with Gasteiger partial charge in [-0.15, -0.1) is 11.3 Å². The second kappa shape index (κ2) is 9.99. The smallest absolute Gasteiger partial charge is 0.338 e. The molecule has 0 saturated heterocycles. The minimum absolute atomic E-state index is 0.179. The number of rotatable bonds is 6. The van der Waals surface area contributed by atoms with Crippen molar-refractivity contribution in [1.82, 2.24) is 9.13 Å². The topological polar surface area (TPSA) is 74.8 Å². The van der Waals surface area contributed by atoms with Gasteiger partial charge in [-0.25, -0.2) is 9.79 Å². The van der Waals surface area contributed by atoms with E-state index in [0.717, 1.165) is 33.3 Å². The molecule has 37 heavy (non-hydrogen) atoms. The van der Waals surface area contributed by atoms with E-state index in [2.05, 4.69) is 15.6 Å². The molecule has 190 valence electrons. The number of thiophene rings is 1. The van der Waals surface area contributed by atoms with Gasteiger partial charge in [-0.1, -0.05) is 17.4 Å². The van der Waals surface area contributed by atoms with Gasteiger partial charge in [0.1, 0.15) is 11.8 Å². The molecule has 0 N–H and O–H groups in total. The molecule has 0 fully saturated rings. The highest BCUT2D eigenvalue weighted by Crippen LogP contribution is 2.33. The summed E-state index contributed by atoms with van der Waals surface area (Å²) in [6.07, 6.45) is 1.92. The minimum atomic E-state index is -0.567. The largest absolute Gasteiger partial charge is 0.494 e. The zero-order chi connectivity index (χ0) is 26.3. The van der Waals surface area contributed by atoms with Crippen molar-refractivity contribution in [3.8, 4) is 11.4 Å². The van der Waals surface area contributed by atoms with E-state index in [1.165, 1.54) is 29.8 Å². The Hall–Kier alpha value is -3.69. The van der Waals surface area contributed by atoms with Crippen LogP contribution in [0.25, 0.3) is 11.8 Å². The number of hydrogen-bond acceptors (Lipinski definition) is 7. The zero-order valence-electron chi connectivity index (χ0n) is 21.3. The summed E-state index contributed by atoms with van der Waals surface area (Å²) < 4.78 is 15.0. The van der Waals surface area contributed by atoms with Gasteiger partial charge in [-0.2, -0.15) is 0 Å². The molecule has 1 aliphatic rings. The third-order valence-corrected chi connectivity index (χ3v) is 8.31. The first-order valence-corrected chi connectivity index (χ1v) is 13.6. The summed E-state index contributed by atoms with van der Waals surface area (Å²) in [5.74, 6) is 0.352. The molecule has 0 amide bonds. The fourth-order valence-corrected chi connectivity index (χ4v) is 6.60. The molecule has 1 aromatic carbocycles. The quantitative estimate of drug-likeness (QED) is 0.347. The molecule has 0 radical (unpaired) electrons. The molecule has 0 spiro atoms. The Kier molecular flexibility index (Phi) is 6.74. The summed E-state index contributed by atoms with van der Waals surface area (Å²) >= 11 is 2.83. The number of thiazole rings is 1. The van der Waals surface area contributed by atoms with Gasteiger partial charge in [0.25, 0.3) is 5.56 Å². The predicted molar refractivity (Wildman–Crippen MR) is 147 cm³/mol. The molecule has 0 bridgehead atoms. The maximum atomic E-state index is 13.8. The van der Waals surface area contributed by atoms with Crippen LogP contribution in [0.5, 0.6) is 5.75 Å². The van der Waals surface area contributed by atoms with E-state index in [4.69, 9.17) is 9.47 Å². The lowest BCUT2D eigenvalue weighted by Crippen LogP contribution is -2.39. The van der Waals surface area contributed by atoms with Gasteiger partial charge in [-0.05, 0) is 81.1 Å². The molecule has 1 atom stereocenters. The standard InChI is InChI=1S/C28H27N3O4S2/c1-6-35-21-11-9-20(10-12-21)30-16(2)14-19(18(30)4)15-23-26(32)31-25(22-8-7-13-36-22)24(27(33)34-5)17(3)29-28(31)37-23/h7-15,25H,6H2,1-5H3. The first-order chi connectivity index (χ1) is 17.8. The Morgan fingerprint density at radius 3 is 2.57 bits per heavy atom. The van der Waals surface area contributed by atoms with Gasteiger partial charge in [0, 0.05) is 22.0 Å². The predicted octanol–water partition coefficient (Wildman–Crippen LogP) is 4.28. The fraction of sp³-hybridized carbons (Fsp3) is 0.250. The summed E-state index contributed by atoms with van der Waals surface area (Å²) in [7, 11) is 1.35. The fourth-order valence-electron chi connectivity index (χ4n) is 4.74. The van der Waals surface area contributed by atoms with Gasteiger partial charge in [0.05, 0.1) is 29.5 Å². The van der Waals surface area contributed by atoms with Crippen molar-refractivity contribution in [3.05, 3.63) is 101 Å². The molecule has 9 heteroatoms. The normalized spacial score (nSPS) is 15.5. The molecular formula is C28H27N3O4S2. The third kappa shape index (κ3) is 4.38. The summed E-state index contributed by atoms with van der Waals surface area (Å²) in [6, 6.07) is 13.3. The molecule has 4 heterocycles. The van der Waals surface area contributed by atoms with Crippen molar-refractivity contribution >= 4 is 34.7 Å². The van der Waals surface area contributed by atoms with Crippen molar-refractivity contribution in [1.29, 1.82) is 0 Å². The van der Waals surface area contributed by atoms with E-state index in [9.17, 15) is 9.59 Å². The molecule has 0 saturated carbocycles. The molecule has 5 rings (SSSR count). The van der Waals surface area contributed by atoms with Crippen LogP contribution in [0, 0.1) is 13.8 Å². The Labute approximate surface area is 222 Å². The van der Waals surface area contributed by atoms with Crippen LogP contribution in [0.2, 0.25) is 0 Å². The maximum absolute atomic E-state index is 13.8. The zero-order valence-corrected chi connectivity index (χ0v) is 22.9. The van der Waals surface area contributed by atoms with E-state index in [0.29, 0.717) is 27.2 Å². The lowest BCUT2D eigenvalue weighted by Gasteiger charge is -2.22. The number of hydrogen-bond donors (Lipinski definition) is 0. The molecule has 1 aliphatic heterocycles. The monoisotopic (exact) mass is 533 g/mol. The van der Waals surface area contributed by atoms with Crippen molar-refractivity contribution < 1.29 is 14.3 Å². The van der Waals surface area contributed by atoms with Gasteiger partial charge in [0.15, 0.2) is 4.80 Å². The molecule has 0 aliphatic carbocycles. The first-order valence-electron chi connectivity index (χ1n) is 11.9. The Bertz CT molecular complexity index is 1690. The molecule has 3 aromatic heterocycles. The highest BCUT2D eigenvalue weighted by atomic mass is 32.1. The maximum Gasteiger partial charge on any atom is 0.338 e. The highest BCUT2D eigenvalue weighted by molar-refractivity contribution is 7.10. The number of nitrogens with zero attached hydrogens (tertiary/aromatic N) is 3. The summed E-state index contributed by atoms with van der Waals surface area (Å²) in [5, 5.41) is 1.94. The first kappa shape index (κ1) is 25.0. The SMILES string of the molecule is CCOc1ccc(-n2c(C)cc(C=c3sc4n(c3=O)C(c3cccs3)C(C(=O)OC)=C(C)N=4)c2C)cc1. The number of carbonyl (C=O) groups excluding carboxylic acids is 1. The van der Waals surface area contributed by atoms with Crippen molar-refractivity contribution in [3.63, 3.8) is 0 Å². The van der Waals surface area contributed by atoms with Crippen LogP contribution in [-0.4, -0.2) is 28.8 Å². The van der Waals surface area contributed by atoms with Crippen LogP contribution < -0.4 is 19.6 Å². The molecule has 1 unspecified atom stereocenters. The summed E-state index contributed by atoms with van der Waals surface area (Å²) in [4.78, 5) is 32.5. The van der Waals surface area contributed by atoms with Crippen molar-refractivity contribution in [2.75, 3.05) is 13.7 Å². The Balaban J connectivity index is 1.63.